The van der Waals surface area contributed by atoms with Crippen LogP contribution in [0.3, 0.4) is 0 Å². The Kier molecular flexibility index (Phi) is 4.42. The average Bonchev–Trinajstić information content (AvgIpc) is 3.49. The third kappa shape index (κ3) is 3.03. The number of benzene rings is 3. The molecule has 166 valence electrons. The lowest BCUT2D eigenvalue weighted by Crippen LogP contribution is -2.05. The van der Waals surface area contributed by atoms with Gasteiger partial charge >= 0.3 is 0 Å². The monoisotopic (exact) mass is 450 g/mol. The van der Waals surface area contributed by atoms with Crippen LogP contribution >= 0.6 is 0 Å². The van der Waals surface area contributed by atoms with Crippen LogP contribution in [0.25, 0.3) is 44.0 Å². The number of carbonyl (C=O) groups excluding carboxylic acids is 1. The number of furan rings is 2. The zero-order chi connectivity index (χ0) is 23.4. The summed E-state index contributed by atoms with van der Waals surface area (Å²) >= 11 is 0. The summed E-state index contributed by atoms with van der Waals surface area (Å²) in [6, 6.07) is 19.6. The van der Waals surface area contributed by atoms with Gasteiger partial charge in [0.15, 0.2) is 11.5 Å². The van der Waals surface area contributed by atoms with Crippen LogP contribution in [0.2, 0.25) is 0 Å². The van der Waals surface area contributed by atoms with Crippen molar-refractivity contribution in [3.05, 3.63) is 100 Å². The van der Waals surface area contributed by atoms with Crippen molar-refractivity contribution in [1.82, 2.24) is 0 Å². The van der Waals surface area contributed by atoms with Crippen molar-refractivity contribution < 1.29 is 22.8 Å². The molecular weight excluding hydrogens is 432 g/mol. The van der Waals surface area contributed by atoms with Gasteiger partial charge in [-0.15, -0.1) is 0 Å². The molecule has 0 radical (unpaired) electrons. The minimum absolute atomic E-state index is 0.135. The Labute approximate surface area is 193 Å². The van der Waals surface area contributed by atoms with E-state index in [9.17, 15) is 9.59 Å². The molecule has 6 nitrogen and oxygen atoms in total. The van der Waals surface area contributed by atoms with Crippen molar-refractivity contribution in [2.24, 2.45) is 0 Å². The first-order chi connectivity index (χ1) is 16.5. The molecule has 0 aliphatic rings. The molecule has 6 aromatic rings. The lowest BCUT2D eigenvalue weighted by atomic mass is 10.0. The van der Waals surface area contributed by atoms with Gasteiger partial charge < -0.3 is 18.0 Å². The Morgan fingerprint density at radius 1 is 0.853 bits per heavy atom. The van der Waals surface area contributed by atoms with Gasteiger partial charge in [0.05, 0.1) is 18.1 Å². The Balaban J connectivity index is 1.48. The summed E-state index contributed by atoms with van der Waals surface area (Å²) in [4.78, 5) is 26.4. The number of methoxy groups -OCH3 is 1. The molecule has 0 aliphatic heterocycles. The van der Waals surface area contributed by atoms with E-state index in [1.807, 2.05) is 30.3 Å². The molecule has 3 heterocycles. The molecule has 0 amide bonds. The van der Waals surface area contributed by atoms with Crippen LogP contribution < -0.4 is 10.2 Å². The van der Waals surface area contributed by atoms with Crippen molar-refractivity contribution in [3.8, 4) is 16.9 Å². The fourth-order valence-electron chi connectivity index (χ4n) is 4.27. The number of carbonyl (C=O) groups is 1. The molecule has 0 bridgehead atoms. The van der Waals surface area contributed by atoms with Crippen molar-refractivity contribution in [2.45, 2.75) is 6.92 Å². The molecule has 0 spiro atoms. The van der Waals surface area contributed by atoms with E-state index in [0.717, 1.165) is 10.9 Å². The number of hydrogen-bond donors (Lipinski definition) is 0. The van der Waals surface area contributed by atoms with Crippen LogP contribution in [0.1, 0.15) is 21.9 Å². The standard InChI is InChI=1S/C28H18O6/c1-15-27-18(13-24(34-27)26(30)23-12-17-5-3-4-6-22(17)33-23)11-20-25(29)21(14-32-28(15)20)16-7-9-19(31-2)10-8-16/h3-14H,1-2H3. The van der Waals surface area contributed by atoms with E-state index in [-0.39, 0.29) is 22.7 Å². The molecular formula is C28H18O6. The van der Waals surface area contributed by atoms with Crippen LogP contribution in [-0.4, -0.2) is 12.9 Å². The number of fused-ring (bicyclic) bond motifs is 3. The van der Waals surface area contributed by atoms with Gasteiger partial charge in [0.25, 0.3) is 5.78 Å². The molecule has 6 heteroatoms. The molecule has 0 saturated heterocycles. The van der Waals surface area contributed by atoms with Crippen LogP contribution in [0.5, 0.6) is 5.75 Å². The molecule has 6 rings (SSSR count). The van der Waals surface area contributed by atoms with Crippen LogP contribution in [0.15, 0.2) is 91.0 Å². The average molecular weight is 450 g/mol. The maximum Gasteiger partial charge on any atom is 0.263 e. The Hall–Kier alpha value is -4.58. The first-order valence-corrected chi connectivity index (χ1v) is 10.7. The van der Waals surface area contributed by atoms with E-state index in [2.05, 4.69) is 0 Å². The molecule has 3 aromatic heterocycles. The lowest BCUT2D eigenvalue weighted by Gasteiger charge is -2.06. The van der Waals surface area contributed by atoms with Gasteiger partial charge in [0, 0.05) is 16.3 Å². The maximum atomic E-state index is 13.3. The summed E-state index contributed by atoms with van der Waals surface area (Å²) < 4.78 is 22.7. The molecule has 0 saturated carbocycles. The summed E-state index contributed by atoms with van der Waals surface area (Å²) in [5, 5.41) is 1.90. The molecule has 0 atom stereocenters. The van der Waals surface area contributed by atoms with E-state index in [4.69, 9.17) is 18.0 Å². The largest absolute Gasteiger partial charge is 0.497 e. The normalized spacial score (nSPS) is 11.5. The molecule has 0 aliphatic carbocycles. The quantitative estimate of drug-likeness (QED) is 0.285. The van der Waals surface area contributed by atoms with Crippen molar-refractivity contribution >= 4 is 38.7 Å². The Bertz CT molecular complexity index is 1750. The van der Waals surface area contributed by atoms with E-state index >= 15 is 0 Å². The number of ketones is 1. The van der Waals surface area contributed by atoms with Gasteiger partial charge in [-0.2, -0.15) is 0 Å². The summed E-state index contributed by atoms with van der Waals surface area (Å²) in [6.07, 6.45) is 1.45. The zero-order valence-electron chi connectivity index (χ0n) is 18.4. The second-order valence-electron chi connectivity index (χ2n) is 8.09. The van der Waals surface area contributed by atoms with Crippen molar-refractivity contribution in [1.29, 1.82) is 0 Å². The maximum absolute atomic E-state index is 13.3. The number of rotatable bonds is 4. The van der Waals surface area contributed by atoms with Gasteiger partial charge in [-0.1, -0.05) is 30.3 Å². The number of para-hydroxylation sites is 1. The fourth-order valence-corrected chi connectivity index (χ4v) is 4.27. The summed E-state index contributed by atoms with van der Waals surface area (Å²) in [6.45, 7) is 1.81. The highest BCUT2D eigenvalue weighted by molar-refractivity contribution is 6.10. The van der Waals surface area contributed by atoms with E-state index < -0.39 is 0 Å². The highest BCUT2D eigenvalue weighted by atomic mass is 16.5. The summed E-state index contributed by atoms with van der Waals surface area (Å²) in [7, 11) is 1.59. The highest BCUT2D eigenvalue weighted by Crippen LogP contribution is 2.32. The van der Waals surface area contributed by atoms with Gasteiger partial charge in [-0.3, -0.25) is 9.59 Å². The number of aryl methyl sites for hydroxylation is 1. The number of ether oxygens (including phenoxy) is 1. The van der Waals surface area contributed by atoms with Gasteiger partial charge in [0.1, 0.15) is 28.8 Å². The molecule has 0 N–H and O–H groups in total. The second-order valence-corrected chi connectivity index (χ2v) is 8.09. The summed E-state index contributed by atoms with van der Waals surface area (Å²) in [5.41, 5.74) is 3.19. The third-order valence-corrected chi connectivity index (χ3v) is 6.04. The second kappa shape index (κ2) is 7.49. The van der Waals surface area contributed by atoms with Crippen LogP contribution in [-0.2, 0) is 0 Å². The highest BCUT2D eigenvalue weighted by Gasteiger charge is 2.22. The topological polar surface area (TPSA) is 82.8 Å². The van der Waals surface area contributed by atoms with E-state index in [1.165, 1.54) is 6.26 Å². The first-order valence-electron chi connectivity index (χ1n) is 10.7. The Morgan fingerprint density at radius 3 is 2.35 bits per heavy atom. The van der Waals surface area contributed by atoms with Gasteiger partial charge in [-0.25, -0.2) is 0 Å². The zero-order valence-corrected chi connectivity index (χ0v) is 18.4. The predicted octanol–water partition coefficient (Wildman–Crippen LogP) is 6.50. The third-order valence-electron chi connectivity index (χ3n) is 6.04. The van der Waals surface area contributed by atoms with E-state index in [1.54, 1.807) is 50.4 Å². The van der Waals surface area contributed by atoms with Gasteiger partial charge in [-0.05, 0) is 48.9 Å². The van der Waals surface area contributed by atoms with Crippen molar-refractivity contribution in [3.63, 3.8) is 0 Å². The predicted molar refractivity (Wildman–Crippen MR) is 129 cm³/mol. The molecule has 0 unspecified atom stereocenters. The molecule has 3 aromatic carbocycles. The van der Waals surface area contributed by atoms with Gasteiger partial charge in [0.2, 0.25) is 5.43 Å². The van der Waals surface area contributed by atoms with Crippen molar-refractivity contribution in [2.75, 3.05) is 7.11 Å². The summed E-state index contributed by atoms with van der Waals surface area (Å²) in [5.74, 6) is 0.661. The van der Waals surface area contributed by atoms with Crippen LogP contribution in [0, 0.1) is 6.92 Å². The SMILES string of the molecule is COc1ccc(-c2coc3c(C)c4oc(C(=O)c5cc6ccccc6o5)cc4cc3c2=O)cc1. The minimum Gasteiger partial charge on any atom is -0.497 e. The first kappa shape index (κ1) is 20.1. The van der Waals surface area contributed by atoms with Crippen LogP contribution in [0.4, 0.5) is 0 Å². The number of hydrogen-bond acceptors (Lipinski definition) is 6. The Morgan fingerprint density at radius 2 is 1.59 bits per heavy atom. The molecule has 0 fully saturated rings. The molecule has 34 heavy (non-hydrogen) atoms. The smallest absolute Gasteiger partial charge is 0.263 e. The fraction of sp³-hybridized carbons (Fsp3) is 0.0714. The minimum atomic E-state index is -0.367. The lowest BCUT2D eigenvalue weighted by molar-refractivity contribution is 0.0987. The van der Waals surface area contributed by atoms with E-state index in [0.29, 0.717) is 44.4 Å².